The maximum atomic E-state index is 12.5. The second kappa shape index (κ2) is 8.78. The van der Waals surface area contributed by atoms with E-state index in [2.05, 4.69) is 46.6 Å². The summed E-state index contributed by atoms with van der Waals surface area (Å²) in [6.07, 6.45) is 2.09. The molecule has 1 aliphatic carbocycles. The third kappa shape index (κ3) is 5.04. The first-order chi connectivity index (χ1) is 14.1. The predicted octanol–water partition coefficient (Wildman–Crippen LogP) is 3.09. The summed E-state index contributed by atoms with van der Waals surface area (Å²) in [7, 11) is 0. The van der Waals surface area contributed by atoms with Crippen LogP contribution in [0.25, 0.3) is 11.1 Å². The largest absolute Gasteiger partial charge is 0.348 e. The molecule has 2 aromatic rings. The number of hydrogen-bond acceptors (Lipinski definition) is 3. The van der Waals surface area contributed by atoms with E-state index in [0.717, 1.165) is 44.6 Å². The molecule has 5 nitrogen and oxygen atoms in total. The third-order valence-corrected chi connectivity index (χ3v) is 5.87. The molecule has 0 radical (unpaired) electrons. The van der Waals surface area contributed by atoms with Crippen molar-refractivity contribution in [3.05, 3.63) is 60.2 Å². The third-order valence-electron chi connectivity index (χ3n) is 5.87. The van der Waals surface area contributed by atoms with Gasteiger partial charge < -0.3 is 10.2 Å². The molecule has 5 heteroatoms. The summed E-state index contributed by atoms with van der Waals surface area (Å²) in [5.41, 5.74) is 3.46. The van der Waals surface area contributed by atoms with E-state index in [0.29, 0.717) is 12.5 Å². The fourth-order valence-electron chi connectivity index (χ4n) is 3.88. The monoisotopic (exact) mass is 391 g/mol. The average Bonchev–Trinajstić information content (AvgIpc) is 3.60. The number of carbonyl (C=O) groups excluding carboxylic acids is 2. The van der Waals surface area contributed by atoms with E-state index >= 15 is 0 Å². The highest BCUT2D eigenvalue weighted by molar-refractivity contribution is 5.81. The summed E-state index contributed by atoms with van der Waals surface area (Å²) < 4.78 is 0. The van der Waals surface area contributed by atoms with Gasteiger partial charge in [-0.05, 0) is 36.5 Å². The van der Waals surface area contributed by atoms with E-state index in [9.17, 15) is 9.59 Å². The van der Waals surface area contributed by atoms with Gasteiger partial charge in [0.15, 0.2) is 0 Å². The minimum Gasteiger partial charge on any atom is -0.348 e. The lowest BCUT2D eigenvalue weighted by Gasteiger charge is -2.34. The van der Waals surface area contributed by atoms with Crippen molar-refractivity contribution in [1.29, 1.82) is 0 Å². The van der Waals surface area contributed by atoms with Crippen molar-refractivity contribution in [1.82, 2.24) is 15.1 Å². The summed E-state index contributed by atoms with van der Waals surface area (Å²) in [6.45, 7) is 5.41. The Morgan fingerprint density at radius 2 is 1.55 bits per heavy atom. The Hall–Kier alpha value is -2.66. The Morgan fingerprint density at radius 1 is 0.931 bits per heavy atom. The minimum absolute atomic E-state index is 0.0339. The smallest absolute Gasteiger partial charge is 0.234 e. The van der Waals surface area contributed by atoms with Crippen molar-refractivity contribution in [3.8, 4) is 11.1 Å². The molecule has 0 aromatic heterocycles. The Bertz CT molecular complexity index is 838. The molecule has 152 valence electrons. The second-order valence-electron chi connectivity index (χ2n) is 8.15. The van der Waals surface area contributed by atoms with Crippen LogP contribution in [-0.4, -0.2) is 54.3 Å². The Balaban J connectivity index is 1.25. The Labute approximate surface area is 172 Å². The molecular formula is C24H29N3O2. The van der Waals surface area contributed by atoms with Gasteiger partial charge in [-0.2, -0.15) is 0 Å². The molecule has 0 spiro atoms. The van der Waals surface area contributed by atoms with E-state index in [1.807, 2.05) is 30.0 Å². The molecule has 1 saturated heterocycles. The first-order valence-electron chi connectivity index (χ1n) is 10.6. The van der Waals surface area contributed by atoms with Gasteiger partial charge in [0.25, 0.3) is 0 Å². The van der Waals surface area contributed by atoms with E-state index in [1.54, 1.807) is 0 Å². The molecule has 2 fully saturated rings. The lowest BCUT2D eigenvalue weighted by Crippen LogP contribution is -2.51. The van der Waals surface area contributed by atoms with Gasteiger partial charge in [-0.15, -0.1) is 0 Å². The lowest BCUT2D eigenvalue weighted by atomic mass is 10.0. The molecule has 2 aliphatic rings. The van der Waals surface area contributed by atoms with Crippen LogP contribution in [0.1, 0.15) is 31.4 Å². The second-order valence-corrected chi connectivity index (χ2v) is 8.15. The molecule has 29 heavy (non-hydrogen) atoms. The van der Waals surface area contributed by atoms with Crippen LogP contribution in [0.5, 0.6) is 0 Å². The fourth-order valence-corrected chi connectivity index (χ4v) is 3.88. The highest BCUT2D eigenvalue weighted by Crippen LogP contribution is 2.31. The summed E-state index contributed by atoms with van der Waals surface area (Å²) in [5, 5.41) is 3.10. The zero-order valence-electron chi connectivity index (χ0n) is 17.0. The topological polar surface area (TPSA) is 52.7 Å². The van der Waals surface area contributed by atoms with Crippen LogP contribution in [0.15, 0.2) is 54.6 Å². The van der Waals surface area contributed by atoms with Crippen LogP contribution < -0.4 is 5.32 Å². The number of benzene rings is 2. The number of nitrogens with zero attached hydrogens (tertiary/aromatic N) is 2. The number of rotatable bonds is 6. The highest BCUT2D eigenvalue weighted by Gasteiger charge is 2.34. The van der Waals surface area contributed by atoms with Gasteiger partial charge in [-0.25, -0.2) is 0 Å². The van der Waals surface area contributed by atoms with Gasteiger partial charge >= 0.3 is 0 Å². The zero-order chi connectivity index (χ0) is 20.2. The molecule has 1 atom stereocenters. The van der Waals surface area contributed by atoms with Crippen LogP contribution in [0.2, 0.25) is 0 Å². The molecule has 1 heterocycles. The van der Waals surface area contributed by atoms with Crippen molar-refractivity contribution >= 4 is 11.8 Å². The molecule has 2 aromatic carbocycles. The van der Waals surface area contributed by atoms with Gasteiger partial charge in [0, 0.05) is 32.1 Å². The maximum absolute atomic E-state index is 12.5. The quantitative estimate of drug-likeness (QED) is 0.823. The SMILES string of the molecule is CC(NC(=O)CN1CCN(C(=O)C2CC2)CC1)c1ccc(-c2ccccc2)cc1. The minimum atomic E-state index is -0.0370. The molecule has 2 amide bonds. The van der Waals surface area contributed by atoms with Gasteiger partial charge in [0.2, 0.25) is 11.8 Å². The molecule has 4 rings (SSSR count). The van der Waals surface area contributed by atoms with Gasteiger partial charge in [0.05, 0.1) is 12.6 Å². The molecule has 1 saturated carbocycles. The van der Waals surface area contributed by atoms with E-state index in [4.69, 9.17) is 0 Å². The van der Waals surface area contributed by atoms with Crippen molar-refractivity contribution in [2.75, 3.05) is 32.7 Å². The molecule has 1 unspecified atom stereocenters. The average molecular weight is 392 g/mol. The van der Waals surface area contributed by atoms with Gasteiger partial charge in [-0.1, -0.05) is 54.6 Å². The lowest BCUT2D eigenvalue weighted by molar-refractivity contribution is -0.134. The predicted molar refractivity (Wildman–Crippen MR) is 114 cm³/mol. The van der Waals surface area contributed by atoms with E-state index in [1.165, 1.54) is 11.1 Å². The number of piperazine rings is 1. The molecular weight excluding hydrogens is 362 g/mol. The van der Waals surface area contributed by atoms with Crippen LogP contribution >= 0.6 is 0 Å². The van der Waals surface area contributed by atoms with Crippen molar-refractivity contribution in [2.45, 2.75) is 25.8 Å². The van der Waals surface area contributed by atoms with Crippen molar-refractivity contribution in [2.24, 2.45) is 5.92 Å². The number of carbonyl (C=O) groups is 2. The zero-order valence-corrected chi connectivity index (χ0v) is 17.0. The standard InChI is InChI=1S/C24H29N3O2/c1-18(19-7-9-21(10-8-19)20-5-3-2-4-6-20)25-23(28)17-26-13-15-27(16-14-26)24(29)22-11-12-22/h2-10,18,22H,11-17H2,1H3,(H,25,28). The molecule has 0 bridgehead atoms. The number of nitrogens with one attached hydrogen (secondary N) is 1. The summed E-state index contributed by atoms with van der Waals surface area (Å²) in [6, 6.07) is 18.6. The molecule has 1 aliphatic heterocycles. The van der Waals surface area contributed by atoms with E-state index < -0.39 is 0 Å². The fraction of sp³-hybridized carbons (Fsp3) is 0.417. The summed E-state index contributed by atoms with van der Waals surface area (Å²) in [4.78, 5) is 28.7. The summed E-state index contributed by atoms with van der Waals surface area (Å²) >= 11 is 0. The van der Waals surface area contributed by atoms with Crippen LogP contribution in [0.3, 0.4) is 0 Å². The number of hydrogen-bond donors (Lipinski definition) is 1. The summed E-state index contributed by atoms with van der Waals surface area (Å²) in [5.74, 6) is 0.618. The Morgan fingerprint density at radius 3 is 2.17 bits per heavy atom. The van der Waals surface area contributed by atoms with E-state index in [-0.39, 0.29) is 17.9 Å². The van der Waals surface area contributed by atoms with Crippen LogP contribution in [0.4, 0.5) is 0 Å². The van der Waals surface area contributed by atoms with Crippen molar-refractivity contribution in [3.63, 3.8) is 0 Å². The normalized spacial score (nSPS) is 18.3. The highest BCUT2D eigenvalue weighted by atomic mass is 16.2. The van der Waals surface area contributed by atoms with Gasteiger partial charge in [-0.3, -0.25) is 14.5 Å². The maximum Gasteiger partial charge on any atom is 0.234 e. The molecule has 1 N–H and O–H groups in total. The first kappa shape index (κ1) is 19.6. The van der Waals surface area contributed by atoms with Crippen molar-refractivity contribution < 1.29 is 9.59 Å². The Kier molecular flexibility index (Phi) is 5.95. The first-order valence-corrected chi connectivity index (χ1v) is 10.6. The van der Waals surface area contributed by atoms with Gasteiger partial charge in [0.1, 0.15) is 0 Å². The van der Waals surface area contributed by atoms with Crippen LogP contribution in [0, 0.1) is 5.92 Å². The number of amides is 2. The van der Waals surface area contributed by atoms with Crippen LogP contribution in [-0.2, 0) is 9.59 Å².